The Bertz CT molecular complexity index is 160. The molecule has 0 aliphatic rings. The number of carbonyl (C=O) groups excluding carboxylic acids is 1. The molecular formula is C6H12ClO3P. The third kappa shape index (κ3) is 3.78. The average molecular weight is 199 g/mol. The fraction of sp³-hybridized carbons (Fsp3) is 0.833. The first-order valence-corrected chi connectivity index (χ1v) is 5.99. The Labute approximate surface area is 71.6 Å². The number of rotatable bonds is 4. The maximum absolute atomic E-state index is 10.9. The number of esters is 1. The Morgan fingerprint density at radius 1 is 1.64 bits per heavy atom. The van der Waals surface area contributed by atoms with E-state index in [1.54, 1.807) is 13.8 Å². The molecule has 0 saturated heterocycles. The maximum atomic E-state index is 10.9. The topological polar surface area (TPSA) is 43.4 Å². The van der Waals surface area contributed by atoms with Crippen LogP contribution in [0.4, 0.5) is 0 Å². The Morgan fingerprint density at radius 2 is 2.18 bits per heavy atom. The van der Waals surface area contributed by atoms with Crippen LogP contribution in [0.1, 0.15) is 20.3 Å². The number of halogens is 1. The van der Waals surface area contributed by atoms with Crippen LogP contribution in [0.15, 0.2) is 0 Å². The Kier molecular flexibility index (Phi) is 5.61. The maximum Gasteiger partial charge on any atom is 0.317 e. The van der Waals surface area contributed by atoms with Gasteiger partial charge in [-0.05, 0) is 13.3 Å². The van der Waals surface area contributed by atoms with Gasteiger partial charge in [-0.15, -0.1) is 0 Å². The average Bonchev–Trinajstić information content (AvgIpc) is 1.88. The molecule has 2 unspecified atom stereocenters. The van der Waals surface area contributed by atoms with Gasteiger partial charge in [-0.2, -0.15) is 0 Å². The van der Waals surface area contributed by atoms with E-state index in [-0.39, 0.29) is 0 Å². The molecule has 0 spiro atoms. The SMILES string of the molecule is CCOC(=O)C(CC)[PH](=O)Cl. The summed E-state index contributed by atoms with van der Waals surface area (Å²) in [4.78, 5) is 10.9. The zero-order valence-corrected chi connectivity index (χ0v) is 8.35. The summed E-state index contributed by atoms with van der Waals surface area (Å²) in [6.07, 6.45) is 0.472. The van der Waals surface area contributed by atoms with Gasteiger partial charge in [0, 0.05) is 0 Å². The first-order valence-electron chi connectivity index (χ1n) is 3.49. The monoisotopic (exact) mass is 198 g/mol. The van der Waals surface area contributed by atoms with Gasteiger partial charge in [0.1, 0.15) is 5.66 Å². The molecule has 0 aromatic carbocycles. The summed E-state index contributed by atoms with van der Waals surface area (Å²) < 4.78 is 15.4. The predicted octanol–water partition coefficient (Wildman–Crippen LogP) is 2.04. The molecule has 11 heavy (non-hydrogen) atoms. The molecule has 0 saturated carbocycles. The van der Waals surface area contributed by atoms with Gasteiger partial charge >= 0.3 is 5.97 Å². The second kappa shape index (κ2) is 5.62. The lowest BCUT2D eigenvalue weighted by molar-refractivity contribution is -0.142. The van der Waals surface area contributed by atoms with Crippen molar-refractivity contribution in [2.45, 2.75) is 25.9 Å². The van der Waals surface area contributed by atoms with Crippen LogP contribution < -0.4 is 0 Å². The summed E-state index contributed by atoms with van der Waals surface area (Å²) in [5, 5.41) is 0. The Morgan fingerprint density at radius 3 is 2.45 bits per heavy atom. The molecule has 0 aromatic rings. The summed E-state index contributed by atoms with van der Waals surface area (Å²) in [7, 11) is -2.30. The molecule has 0 N–H and O–H groups in total. The van der Waals surface area contributed by atoms with E-state index in [9.17, 15) is 9.36 Å². The van der Waals surface area contributed by atoms with Crippen LogP contribution in [0.3, 0.4) is 0 Å². The lowest BCUT2D eigenvalue weighted by atomic mass is 10.3. The molecule has 0 bridgehead atoms. The lowest BCUT2D eigenvalue weighted by Crippen LogP contribution is -2.18. The van der Waals surface area contributed by atoms with E-state index in [4.69, 9.17) is 11.2 Å². The van der Waals surface area contributed by atoms with Gasteiger partial charge in [-0.1, -0.05) is 18.2 Å². The number of hydrogen-bond donors (Lipinski definition) is 0. The van der Waals surface area contributed by atoms with E-state index in [1.807, 2.05) is 0 Å². The molecule has 0 aromatic heterocycles. The van der Waals surface area contributed by atoms with Gasteiger partial charge in [-0.3, -0.25) is 4.79 Å². The van der Waals surface area contributed by atoms with Crippen molar-refractivity contribution in [1.29, 1.82) is 0 Å². The van der Waals surface area contributed by atoms with E-state index in [0.29, 0.717) is 13.0 Å². The molecule has 0 heterocycles. The van der Waals surface area contributed by atoms with Gasteiger partial charge in [0.05, 0.1) is 6.61 Å². The number of ether oxygens (including phenoxy) is 1. The second-order valence-corrected chi connectivity index (χ2v) is 4.44. The standard InChI is InChI=1S/C6H12ClO3P/c1-3-5(11(7)9)6(8)10-4-2/h5,11H,3-4H2,1-2H3. The molecule has 3 nitrogen and oxygen atoms in total. The van der Waals surface area contributed by atoms with Crippen molar-refractivity contribution < 1.29 is 14.1 Å². The number of hydrogen-bond acceptors (Lipinski definition) is 3. The molecular weight excluding hydrogens is 186 g/mol. The largest absolute Gasteiger partial charge is 0.465 e. The van der Waals surface area contributed by atoms with E-state index in [1.165, 1.54) is 0 Å². The van der Waals surface area contributed by atoms with Gasteiger partial charge in [0.15, 0.2) is 7.15 Å². The first kappa shape index (κ1) is 11.0. The summed E-state index contributed by atoms with van der Waals surface area (Å²) in [5.74, 6) is -0.450. The predicted molar refractivity (Wildman–Crippen MR) is 45.6 cm³/mol. The molecule has 0 aliphatic carbocycles. The van der Waals surface area contributed by atoms with Crippen LogP contribution >= 0.6 is 18.4 Å². The van der Waals surface area contributed by atoms with Crippen LogP contribution in [0.2, 0.25) is 0 Å². The van der Waals surface area contributed by atoms with E-state index >= 15 is 0 Å². The van der Waals surface area contributed by atoms with Crippen LogP contribution in [0.25, 0.3) is 0 Å². The van der Waals surface area contributed by atoms with Crippen molar-refractivity contribution in [3.05, 3.63) is 0 Å². The summed E-state index contributed by atoms with van der Waals surface area (Å²) >= 11 is 5.32. The van der Waals surface area contributed by atoms with Gasteiger partial charge < -0.3 is 9.30 Å². The molecule has 0 amide bonds. The molecule has 2 atom stereocenters. The normalized spacial score (nSPS) is 15.5. The third-order valence-corrected chi connectivity index (χ3v) is 3.24. The molecule has 0 rings (SSSR count). The molecule has 0 aliphatic heterocycles. The highest BCUT2D eigenvalue weighted by molar-refractivity contribution is 7.75. The first-order chi connectivity index (χ1) is 5.13. The highest BCUT2D eigenvalue weighted by Crippen LogP contribution is 2.35. The van der Waals surface area contributed by atoms with E-state index < -0.39 is 18.8 Å². The van der Waals surface area contributed by atoms with Crippen LogP contribution in [-0.4, -0.2) is 18.2 Å². The molecule has 66 valence electrons. The van der Waals surface area contributed by atoms with E-state index in [0.717, 1.165) is 0 Å². The minimum absolute atomic E-state index is 0.307. The Hall–Kier alpha value is -0.0100. The van der Waals surface area contributed by atoms with Crippen molar-refractivity contribution in [3.63, 3.8) is 0 Å². The third-order valence-electron chi connectivity index (χ3n) is 1.25. The highest BCUT2D eigenvalue weighted by atomic mass is 35.7. The minimum Gasteiger partial charge on any atom is -0.465 e. The highest BCUT2D eigenvalue weighted by Gasteiger charge is 2.22. The molecule has 5 heteroatoms. The lowest BCUT2D eigenvalue weighted by Gasteiger charge is -2.08. The van der Waals surface area contributed by atoms with Crippen molar-refractivity contribution in [2.75, 3.05) is 6.61 Å². The fourth-order valence-electron chi connectivity index (χ4n) is 0.663. The zero-order chi connectivity index (χ0) is 8.85. The van der Waals surface area contributed by atoms with E-state index in [2.05, 4.69) is 4.74 Å². The van der Waals surface area contributed by atoms with Gasteiger partial charge in [0.25, 0.3) is 0 Å². The van der Waals surface area contributed by atoms with Crippen molar-refractivity contribution in [3.8, 4) is 0 Å². The fourth-order valence-corrected chi connectivity index (χ4v) is 1.98. The Balaban J connectivity index is 4.03. The summed E-state index contributed by atoms with van der Waals surface area (Å²) in [6, 6.07) is 0. The van der Waals surface area contributed by atoms with Crippen LogP contribution in [0, 0.1) is 0 Å². The summed E-state index contributed by atoms with van der Waals surface area (Å²) in [6.45, 7) is 3.77. The smallest absolute Gasteiger partial charge is 0.317 e. The number of carbonyl (C=O) groups is 1. The van der Waals surface area contributed by atoms with Gasteiger partial charge in [-0.25, -0.2) is 0 Å². The van der Waals surface area contributed by atoms with Gasteiger partial charge in [0.2, 0.25) is 0 Å². The van der Waals surface area contributed by atoms with Crippen LogP contribution in [0.5, 0.6) is 0 Å². The van der Waals surface area contributed by atoms with Crippen molar-refractivity contribution in [1.82, 2.24) is 0 Å². The summed E-state index contributed by atoms with van der Waals surface area (Å²) in [5.41, 5.74) is -0.610. The second-order valence-electron chi connectivity index (χ2n) is 2.02. The zero-order valence-electron chi connectivity index (χ0n) is 6.59. The minimum atomic E-state index is -2.30. The van der Waals surface area contributed by atoms with Crippen molar-refractivity contribution in [2.24, 2.45) is 0 Å². The molecule has 0 radical (unpaired) electrons. The van der Waals surface area contributed by atoms with Crippen LogP contribution in [-0.2, 0) is 14.1 Å². The van der Waals surface area contributed by atoms with Crippen molar-refractivity contribution >= 4 is 24.4 Å². The molecule has 0 fully saturated rings. The quantitative estimate of drug-likeness (QED) is 0.513.